The minimum Gasteiger partial charge on any atom is -0.507 e. The summed E-state index contributed by atoms with van der Waals surface area (Å²) in [6.07, 6.45) is 0. The number of hydrogen-bond acceptors (Lipinski definition) is 7. The molecule has 0 aliphatic rings. The molecule has 2 N–H and O–H groups in total. The molecule has 0 aliphatic heterocycles. The minimum atomic E-state index is -0.515. The van der Waals surface area contributed by atoms with E-state index in [2.05, 4.69) is 0 Å². The number of aryl methyl sites for hydroxylation is 1. The summed E-state index contributed by atoms with van der Waals surface area (Å²) in [6.45, 7) is 1.72. The molecule has 26 heavy (non-hydrogen) atoms. The summed E-state index contributed by atoms with van der Waals surface area (Å²) in [7, 11) is 4.22. The van der Waals surface area contributed by atoms with Crippen molar-refractivity contribution in [1.82, 2.24) is 0 Å². The van der Waals surface area contributed by atoms with Gasteiger partial charge in [0.1, 0.15) is 22.5 Å². The van der Waals surface area contributed by atoms with Gasteiger partial charge in [0, 0.05) is 17.2 Å². The Hall–Kier alpha value is -3.35. The summed E-state index contributed by atoms with van der Waals surface area (Å²) in [6, 6.07) is 5.88. The monoisotopic (exact) mass is 358 g/mol. The Balaban J connectivity index is 2.43. The molecule has 3 rings (SSSR count). The molecule has 0 aliphatic carbocycles. The fraction of sp³-hybridized carbons (Fsp3) is 0.211. The van der Waals surface area contributed by atoms with Gasteiger partial charge in [-0.3, -0.25) is 4.79 Å². The van der Waals surface area contributed by atoms with Gasteiger partial charge >= 0.3 is 0 Å². The maximum Gasteiger partial charge on any atom is 0.239 e. The molecule has 7 heteroatoms. The fourth-order valence-corrected chi connectivity index (χ4v) is 2.84. The maximum atomic E-state index is 12.9. The third-order valence-electron chi connectivity index (χ3n) is 4.17. The summed E-state index contributed by atoms with van der Waals surface area (Å²) in [5.74, 6) is 0.386. The summed E-state index contributed by atoms with van der Waals surface area (Å²) < 4.78 is 21.5. The van der Waals surface area contributed by atoms with E-state index >= 15 is 0 Å². The van der Waals surface area contributed by atoms with E-state index in [0.29, 0.717) is 16.9 Å². The highest BCUT2D eigenvalue weighted by atomic mass is 16.5. The lowest BCUT2D eigenvalue weighted by Crippen LogP contribution is -2.09. The van der Waals surface area contributed by atoms with E-state index in [-0.39, 0.29) is 39.7 Å². The predicted molar refractivity (Wildman–Crippen MR) is 95.6 cm³/mol. The third-order valence-corrected chi connectivity index (χ3v) is 4.17. The molecule has 0 bridgehead atoms. The highest BCUT2D eigenvalue weighted by Gasteiger charge is 2.23. The standard InChI is InChI=1S/C19H18O7/c1-9-13(23-2)8-12(21)15-16(22)19(25-4)18(26-17(9)15)10-5-6-11(20)14(7-10)24-3/h5-8,20-21H,1-4H3. The molecule has 0 unspecified atom stereocenters. The first kappa shape index (κ1) is 17.5. The first-order valence-corrected chi connectivity index (χ1v) is 7.71. The van der Waals surface area contributed by atoms with Crippen molar-refractivity contribution in [3.63, 3.8) is 0 Å². The summed E-state index contributed by atoms with van der Waals surface area (Å²) in [5, 5.41) is 20.0. The van der Waals surface area contributed by atoms with Crippen molar-refractivity contribution in [3.05, 3.63) is 40.1 Å². The Labute approximate surface area is 149 Å². The van der Waals surface area contributed by atoms with Gasteiger partial charge in [-0.1, -0.05) is 0 Å². The molecule has 1 aromatic heterocycles. The highest BCUT2D eigenvalue weighted by molar-refractivity contribution is 5.91. The average molecular weight is 358 g/mol. The molecule has 7 nitrogen and oxygen atoms in total. The Morgan fingerprint density at radius 3 is 2.23 bits per heavy atom. The molecule has 0 saturated carbocycles. The Morgan fingerprint density at radius 2 is 1.62 bits per heavy atom. The van der Waals surface area contributed by atoms with Crippen LogP contribution in [0.5, 0.6) is 28.7 Å². The second kappa shape index (κ2) is 6.51. The van der Waals surface area contributed by atoms with Crippen LogP contribution in [0.2, 0.25) is 0 Å². The second-order valence-electron chi connectivity index (χ2n) is 5.61. The predicted octanol–water partition coefficient (Wildman–Crippen LogP) is 3.21. The van der Waals surface area contributed by atoms with Crippen LogP contribution in [-0.4, -0.2) is 31.5 Å². The number of ether oxygens (including phenoxy) is 3. The van der Waals surface area contributed by atoms with Crippen LogP contribution in [0, 0.1) is 6.92 Å². The lowest BCUT2D eigenvalue weighted by Gasteiger charge is -2.14. The minimum absolute atomic E-state index is 0.00893. The summed E-state index contributed by atoms with van der Waals surface area (Å²) in [5.41, 5.74) is 0.706. The zero-order valence-corrected chi connectivity index (χ0v) is 14.7. The van der Waals surface area contributed by atoms with Crippen molar-refractivity contribution < 1.29 is 28.8 Å². The summed E-state index contributed by atoms with van der Waals surface area (Å²) in [4.78, 5) is 12.9. The van der Waals surface area contributed by atoms with Crippen LogP contribution in [0.3, 0.4) is 0 Å². The quantitative estimate of drug-likeness (QED) is 0.739. The first-order chi connectivity index (χ1) is 12.4. The van der Waals surface area contributed by atoms with Gasteiger partial charge in [-0.05, 0) is 25.1 Å². The second-order valence-corrected chi connectivity index (χ2v) is 5.61. The van der Waals surface area contributed by atoms with Crippen LogP contribution < -0.4 is 19.6 Å². The summed E-state index contributed by atoms with van der Waals surface area (Å²) >= 11 is 0. The number of aromatic hydroxyl groups is 2. The molecule has 136 valence electrons. The van der Waals surface area contributed by atoms with Gasteiger partial charge in [-0.2, -0.15) is 0 Å². The molecule has 3 aromatic rings. The Bertz CT molecular complexity index is 1050. The SMILES string of the molecule is COc1cc(-c2oc3c(C)c(OC)cc(O)c3c(=O)c2OC)ccc1O. The smallest absolute Gasteiger partial charge is 0.239 e. The number of phenolic OH excluding ortho intramolecular Hbond substituents is 2. The van der Waals surface area contributed by atoms with Crippen LogP contribution in [-0.2, 0) is 0 Å². The number of hydrogen-bond donors (Lipinski definition) is 2. The normalized spacial score (nSPS) is 10.8. The lowest BCUT2D eigenvalue weighted by atomic mass is 10.1. The van der Waals surface area contributed by atoms with E-state index < -0.39 is 5.43 Å². The fourth-order valence-electron chi connectivity index (χ4n) is 2.84. The van der Waals surface area contributed by atoms with Crippen LogP contribution in [0.15, 0.2) is 33.5 Å². The Morgan fingerprint density at radius 1 is 0.923 bits per heavy atom. The molecule has 0 atom stereocenters. The van der Waals surface area contributed by atoms with Crippen molar-refractivity contribution in [2.24, 2.45) is 0 Å². The van der Waals surface area contributed by atoms with Crippen LogP contribution in [0.1, 0.15) is 5.56 Å². The van der Waals surface area contributed by atoms with Gasteiger partial charge in [0.2, 0.25) is 11.2 Å². The van der Waals surface area contributed by atoms with Crippen LogP contribution in [0.4, 0.5) is 0 Å². The van der Waals surface area contributed by atoms with Crippen molar-refractivity contribution in [2.75, 3.05) is 21.3 Å². The molecular weight excluding hydrogens is 340 g/mol. The van der Waals surface area contributed by atoms with Crippen molar-refractivity contribution in [2.45, 2.75) is 6.92 Å². The zero-order chi connectivity index (χ0) is 19.0. The number of fused-ring (bicyclic) bond motifs is 1. The van der Waals surface area contributed by atoms with Gasteiger partial charge in [-0.25, -0.2) is 0 Å². The number of rotatable bonds is 4. The van der Waals surface area contributed by atoms with E-state index in [1.54, 1.807) is 13.0 Å². The number of benzene rings is 2. The van der Waals surface area contributed by atoms with Gasteiger partial charge in [0.25, 0.3) is 0 Å². The first-order valence-electron chi connectivity index (χ1n) is 7.71. The molecule has 1 heterocycles. The average Bonchev–Trinajstić information content (AvgIpc) is 2.64. The molecule has 0 radical (unpaired) electrons. The van der Waals surface area contributed by atoms with E-state index in [1.165, 1.54) is 39.5 Å². The lowest BCUT2D eigenvalue weighted by molar-refractivity contribution is 0.373. The van der Waals surface area contributed by atoms with Gasteiger partial charge in [0.15, 0.2) is 17.3 Å². The molecule has 0 fully saturated rings. The highest BCUT2D eigenvalue weighted by Crippen LogP contribution is 2.40. The number of phenols is 2. The molecular formula is C19H18O7. The van der Waals surface area contributed by atoms with Crippen molar-refractivity contribution in [3.8, 4) is 40.1 Å². The molecule has 0 spiro atoms. The zero-order valence-electron chi connectivity index (χ0n) is 14.7. The maximum absolute atomic E-state index is 12.9. The Kier molecular flexibility index (Phi) is 4.38. The van der Waals surface area contributed by atoms with E-state index in [4.69, 9.17) is 18.6 Å². The van der Waals surface area contributed by atoms with E-state index in [0.717, 1.165) is 0 Å². The topological polar surface area (TPSA) is 98.4 Å². The van der Waals surface area contributed by atoms with Crippen LogP contribution >= 0.6 is 0 Å². The van der Waals surface area contributed by atoms with Crippen molar-refractivity contribution in [1.29, 1.82) is 0 Å². The van der Waals surface area contributed by atoms with Gasteiger partial charge < -0.3 is 28.8 Å². The van der Waals surface area contributed by atoms with E-state index in [9.17, 15) is 15.0 Å². The van der Waals surface area contributed by atoms with Gasteiger partial charge in [-0.15, -0.1) is 0 Å². The molecule has 2 aromatic carbocycles. The third kappa shape index (κ3) is 2.57. The largest absolute Gasteiger partial charge is 0.507 e. The van der Waals surface area contributed by atoms with Gasteiger partial charge in [0.05, 0.1) is 21.3 Å². The van der Waals surface area contributed by atoms with Crippen LogP contribution in [0.25, 0.3) is 22.3 Å². The van der Waals surface area contributed by atoms with E-state index in [1.807, 2.05) is 0 Å². The molecule has 0 amide bonds. The van der Waals surface area contributed by atoms with Crippen molar-refractivity contribution >= 4 is 11.0 Å². The number of methoxy groups -OCH3 is 3. The molecule has 0 saturated heterocycles.